The summed E-state index contributed by atoms with van der Waals surface area (Å²) >= 11 is 0. The summed E-state index contributed by atoms with van der Waals surface area (Å²) in [5.74, 6) is 0.703. The average molecular weight is 330 g/mol. The molecule has 1 aliphatic heterocycles. The predicted octanol–water partition coefficient (Wildman–Crippen LogP) is 2.02. The number of aryl methyl sites for hydroxylation is 1. The number of nitriles is 1. The molecule has 0 aliphatic carbocycles. The lowest BCUT2D eigenvalue weighted by atomic mass is 9.96. The standard InChI is InChI=1S/C18H26N4O2/c1-13-6-7-15(11-19)17(20-13)22-9-4-5-16(12-22)18(23)21-14(2)8-10-24-3/h6-7,14,16H,4-5,8-10,12H2,1-3H3,(H,21,23)/t14-,16-/m0/s1. The monoisotopic (exact) mass is 330 g/mol. The van der Waals surface area contributed by atoms with Gasteiger partial charge >= 0.3 is 0 Å². The molecule has 0 unspecified atom stereocenters. The highest BCUT2D eigenvalue weighted by Gasteiger charge is 2.28. The molecule has 1 amide bonds. The van der Waals surface area contributed by atoms with Crippen molar-refractivity contribution >= 4 is 11.7 Å². The van der Waals surface area contributed by atoms with Crippen molar-refractivity contribution in [1.82, 2.24) is 10.3 Å². The molecule has 1 aliphatic rings. The number of methoxy groups -OCH3 is 1. The molecule has 0 spiro atoms. The molecule has 2 atom stereocenters. The summed E-state index contributed by atoms with van der Waals surface area (Å²) in [5.41, 5.74) is 1.44. The zero-order chi connectivity index (χ0) is 17.5. The van der Waals surface area contributed by atoms with E-state index in [1.807, 2.05) is 19.9 Å². The minimum absolute atomic E-state index is 0.0717. The normalized spacial score (nSPS) is 18.8. The van der Waals surface area contributed by atoms with E-state index in [1.165, 1.54) is 0 Å². The Hall–Kier alpha value is -2.13. The van der Waals surface area contributed by atoms with Crippen LogP contribution in [0.15, 0.2) is 12.1 Å². The number of nitrogens with one attached hydrogen (secondary N) is 1. The fraction of sp³-hybridized carbons (Fsp3) is 0.611. The summed E-state index contributed by atoms with van der Waals surface area (Å²) < 4.78 is 5.05. The number of ether oxygens (including phenoxy) is 1. The summed E-state index contributed by atoms with van der Waals surface area (Å²) in [6.07, 6.45) is 2.59. The predicted molar refractivity (Wildman–Crippen MR) is 92.7 cm³/mol. The molecule has 1 aromatic rings. The van der Waals surface area contributed by atoms with Crippen molar-refractivity contribution in [2.75, 3.05) is 31.7 Å². The Labute approximate surface area is 143 Å². The van der Waals surface area contributed by atoms with E-state index in [4.69, 9.17) is 4.74 Å². The van der Waals surface area contributed by atoms with Crippen LogP contribution < -0.4 is 10.2 Å². The molecule has 0 bridgehead atoms. The number of piperidine rings is 1. The van der Waals surface area contributed by atoms with E-state index >= 15 is 0 Å². The van der Waals surface area contributed by atoms with E-state index in [1.54, 1.807) is 13.2 Å². The molecular weight excluding hydrogens is 304 g/mol. The summed E-state index contributed by atoms with van der Waals surface area (Å²) in [4.78, 5) is 19.1. The third-order valence-corrected chi connectivity index (χ3v) is 4.37. The van der Waals surface area contributed by atoms with Gasteiger partial charge in [-0.3, -0.25) is 4.79 Å². The number of carbonyl (C=O) groups excluding carboxylic acids is 1. The molecular formula is C18H26N4O2. The van der Waals surface area contributed by atoms with Gasteiger partial charge < -0.3 is 15.0 Å². The summed E-state index contributed by atoms with van der Waals surface area (Å²) in [6.45, 7) is 5.97. The lowest BCUT2D eigenvalue weighted by Gasteiger charge is -2.34. The van der Waals surface area contributed by atoms with Gasteiger partial charge in [0.05, 0.1) is 11.5 Å². The van der Waals surface area contributed by atoms with E-state index in [0.29, 0.717) is 24.5 Å². The first-order valence-electron chi connectivity index (χ1n) is 8.47. The number of amides is 1. The van der Waals surface area contributed by atoms with Gasteiger partial charge in [-0.2, -0.15) is 5.26 Å². The van der Waals surface area contributed by atoms with Crippen molar-refractivity contribution < 1.29 is 9.53 Å². The van der Waals surface area contributed by atoms with Gasteiger partial charge in [-0.05, 0) is 45.2 Å². The highest BCUT2D eigenvalue weighted by atomic mass is 16.5. The number of carbonyl (C=O) groups is 1. The Morgan fingerprint density at radius 1 is 1.58 bits per heavy atom. The molecule has 1 saturated heterocycles. The molecule has 2 rings (SSSR count). The number of hydrogen-bond donors (Lipinski definition) is 1. The topological polar surface area (TPSA) is 78.2 Å². The van der Waals surface area contributed by atoms with Gasteiger partial charge in [-0.25, -0.2) is 4.98 Å². The largest absolute Gasteiger partial charge is 0.385 e. The number of rotatable bonds is 6. The van der Waals surface area contributed by atoms with Gasteiger partial charge in [0.1, 0.15) is 11.9 Å². The van der Waals surface area contributed by atoms with Crippen LogP contribution in [0.1, 0.15) is 37.4 Å². The Morgan fingerprint density at radius 3 is 3.08 bits per heavy atom. The molecule has 130 valence electrons. The third-order valence-electron chi connectivity index (χ3n) is 4.37. The van der Waals surface area contributed by atoms with E-state index in [0.717, 1.165) is 31.5 Å². The van der Waals surface area contributed by atoms with Crippen LogP contribution in [0.5, 0.6) is 0 Å². The zero-order valence-electron chi connectivity index (χ0n) is 14.7. The molecule has 6 nitrogen and oxygen atoms in total. The van der Waals surface area contributed by atoms with Crippen molar-refractivity contribution in [3.8, 4) is 6.07 Å². The first kappa shape index (κ1) is 18.2. The SMILES string of the molecule is COCC[C@H](C)NC(=O)[C@H]1CCCN(c2nc(C)ccc2C#N)C1. The lowest BCUT2D eigenvalue weighted by Crippen LogP contribution is -2.46. The van der Waals surface area contributed by atoms with E-state index in [2.05, 4.69) is 21.3 Å². The highest BCUT2D eigenvalue weighted by molar-refractivity contribution is 5.80. The Morgan fingerprint density at radius 2 is 2.38 bits per heavy atom. The summed E-state index contributed by atoms with van der Waals surface area (Å²) in [5, 5.41) is 12.4. The van der Waals surface area contributed by atoms with E-state index in [9.17, 15) is 10.1 Å². The average Bonchev–Trinajstić information content (AvgIpc) is 2.60. The second-order valence-corrected chi connectivity index (χ2v) is 6.41. The van der Waals surface area contributed by atoms with Crippen molar-refractivity contribution in [2.45, 2.75) is 39.2 Å². The fourth-order valence-electron chi connectivity index (χ4n) is 2.98. The zero-order valence-corrected chi connectivity index (χ0v) is 14.7. The van der Waals surface area contributed by atoms with Gasteiger partial charge in [0, 0.05) is 38.5 Å². The molecule has 1 fully saturated rings. The van der Waals surface area contributed by atoms with Crippen LogP contribution in [-0.2, 0) is 9.53 Å². The Balaban J connectivity index is 2.03. The molecule has 6 heteroatoms. The number of nitrogens with zero attached hydrogens (tertiary/aromatic N) is 3. The second kappa shape index (κ2) is 8.65. The van der Waals surface area contributed by atoms with Crippen LogP contribution in [0.4, 0.5) is 5.82 Å². The van der Waals surface area contributed by atoms with E-state index < -0.39 is 0 Å². The van der Waals surface area contributed by atoms with E-state index in [-0.39, 0.29) is 17.9 Å². The molecule has 0 aromatic carbocycles. The number of pyridine rings is 1. The van der Waals surface area contributed by atoms with Gasteiger partial charge in [-0.1, -0.05) is 0 Å². The number of aromatic nitrogens is 1. The second-order valence-electron chi connectivity index (χ2n) is 6.41. The first-order chi connectivity index (χ1) is 11.5. The number of anilines is 1. The number of hydrogen-bond acceptors (Lipinski definition) is 5. The smallest absolute Gasteiger partial charge is 0.225 e. The molecule has 1 aromatic heterocycles. The quantitative estimate of drug-likeness (QED) is 0.863. The maximum absolute atomic E-state index is 12.5. The highest BCUT2D eigenvalue weighted by Crippen LogP contribution is 2.25. The van der Waals surface area contributed by atoms with Gasteiger partial charge in [0.15, 0.2) is 0 Å². The molecule has 0 saturated carbocycles. The van der Waals surface area contributed by atoms with Crippen LogP contribution >= 0.6 is 0 Å². The summed E-state index contributed by atoms with van der Waals surface area (Å²) in [6, 6.07) is 5.94. The van der Waals surface area contributed by atoms with Crippen LogP contribution in [0.2, 0.25) is 0 Å². The minimum Gasteiger partial charge on any atom is -0.385 e. The molecule has 2 heterocycles. The van der Waals surface area contributed by atoms with Crippen LogP contribution in [0.25, 0.3) is 0 Å². The van der Waals surface area contributed by atoms with Crippen LogP contribution in [-0.4, -0.2) is 43.7 Å². The first-order valence-corrected chi connectivity index (χ1v) is 8.47. The molecule has 1 N–H and O–H groups in total. The van der Waals surface area contributed by atoms with Crippen molar-refractivity contribution in [1.29, 1.82) is 5.26 Å². The lowest BCUT2D eigenvalue weighted by molar-refractivity contribution is -0.125. The van der Waals surface area contributed by atoms with Crippen molar-refractivity contribution in [2.24, 2.45) is 5.92 Å². The fourth-order valence-corrected chi connectivity index (χ4v) is 2.98. The Bertz CT molecular complexity index is 612. The van der Waals surface area contributed by atoms with Crippen LogP contribution in [0.3, 0.4) is 0 Å². The van der Waals surface area contributed by atoms with Crippen LogP contribution in [0, 0.1) is 24.2 Å². The third kappa shape index (κ3) is 4.68. The minimum atomic E-state index is -0.0717. The van der Waals surface area contributed by atoms with Gasteiger partial charge in [-0.15, -0.1) is 0 Å². The molecule has 0 radical (unpaired) electrons. The van der Waals surface area contributed by atoms with Crippen molar-refractivity contribution in [3.63, 3.8) is 0 Å². The Kier molecular flexibility index (Phi) is 6.56. The maximum Gasteiger partial charge on any atom is 0.225 e. The maximum atomic E-state index is 12.5. The van der Waals surface area contributed by atoms with Gasteiger partial charge in [0.2, 0.25) is 5.91 Å². The summed E-state index contributed by atoms with van der Waals surface area (Å²) in [7, 11) is 1.66. The van der Waals surface area contributed by atoms with Crippen molar-refractivity contribution in [3.05, 3.63) is 23.4 Å². The van der Waals surface area contributed by atoms with Gasteiger partial charge in [0.25, 0.3) is 0 Å². The molecule has 24 heavy (non-hydrogen) atoms.